The Morgan fingerprint density at radius 3 is 2.29 bits per heavy atom. The molecular formula is C16H17F4N3O. The molecule has 2 rings (SSSR count). The van der Waals surface area contributed by atoms with E-state index in [0.717, 1.165) is 6.42 Å². The first-order chi connectivity index (χ1) is 11.3. The lowest BCUT2D eigenvalue weighted by Gasteiger charge is -2.09. The van der Waals surface area contributed by atoms with Crippen molar-refractivity contribution < 1.29 is 22.4 Å². The molecule has 0 bridgehead atoms. The van der Waals surface area contributed by atoms with Crippen molar-refractivity contribution in [1.29, 1.82) is 0 Å². The van der Waals surface area contributed by atoms with Crippen LogP contribution in [0.3, 0.4) is 0 Å². The van der Waals surface area contributed by atoms with Gasteiger partial charge < -0.3 is 5.32 Å². The highest BCUT2D eigenvalue weighted by molar-refractivity contribution is 5.96. The van der Waals surface area contributed by atoms with Gasteiger partial charge in [-0.25, -0.2) is 17.6 Å². The first kappa shape index (κ1) is 18.0. The van der Waals surface area contributed by atoms with Crippen molar-refractivity contribution >= 4 is 5.91 Å². The summed E-state index contributed by atoms with van der Waals surface area (Å²) in [6, 6.07) is 0.124. The molecule has 0 fully saturated rings. The number of aromatic nitrogens is 2. The summed E-state index contributed by atoms with van der Waals surface area (Å²) in [6.07, 6.45) is 0.821. The topological polar surface area (TPSA) is 46.9 Å². The maximum absolute atomic E-state index is 13.6. The summed E-state index contributed by atoms with van der Waals surface area (Å²) in [5.74, 6) is -6.69. The summed E-state index contributed by atoms with van der Waals surface area (Å²) in [5, 5.41) is 6.51. The maximum atomic E-state index is 13.6. The number of hydrogen-bond acceptors (Lipinski definition) is 2. The van der Waals surface area contributed by atoms with Crippen molar-refractivity contribution in [1.82, 2.24) is 15.1 Å². The summed E-state index contributed by atoms with van der Waals surface area (Å²) in [4.78, 5) is 12.3. The normalized spacial score (nSPS) is 11.0. The van der Waals surface area contributed by atoms with Crippen LogP contribution in [0.1, 0.15) is 40.7 Å². The SMILES string of the molecule is CCCn1nc(C)c(C(=O)NCc2c(F)c(F)cc(F)c2F)c1C. The molecule has 1 aromatic heterocycles. The largest absolute Gasteiger partial charge is 0.348 e. The fourth-order valence-corrected chi connectivity index (χ4v) is 2.49. The van der Waals surface area contributed by atoms with E-state index in [1.165, 1.54) is 0 Å². The predicted molar refractivity (Wildman–Crippen MR) is 79.4 cm³/mol. The second-order valence-corrected chi connectivity index (χ2v) is 5.40. The Morgan fingerprint density at radius 1 is 1.17 bits per heavy atom. The number of hydrogen-bond donors (Lipinski definition) is 1. The molecule has 0 spiro atoms. The third-order valence-corrected chi connectivity index (χ3v) is 3.67. The van der Waals surface area contributed by atoms with Crippen LogP contribution >= 0.6 is 0 Å². The summed E-state index contributed by atoms with van der Waals surface area (Å²) in [6.45, 7) is 5.24. The van der Waals surface area contributed by atoms with Crippen LogP contribution in [-0.2, 0) is 13.1 Å². The Kier molecular flexibility index (Phi) is 5.26. The molecule has 0 aliphatic carbocycles. The third-order valence-electron chi connectivity index (χ3n) is 3.67. The number of amides is 1. The van der Waals surface area contributed by atoms with Crippen molar-refractivity contribution in [3.05, 3.63) is 51.9 Å². The van der Waals surface area contributed by atoms with Gasteiger partial charge in [-0.1, -0.05) is 6.92 Å². The van der Waals surface area contributed by atoms with Crippen LogP contribution in [0.15, 0.2) is 6.07 Å². The molecule has 4 nitrogen and oxygen atoms in total. The van der Waals surface area contributed by atoms with Gasteiger partial charge in [0.1, 0.15) is 0 Å². The van der Waals surface area contributed by atoms with Crippen molar-refractivity contribution in [2.24, 2.45) is 0 Å². The minimum atomic E-state index is -1.52. The fourth-order valence-electron chi connectivity index (χ4n) is 2.49. The number of rotatable bonds is 5. The van der Waals surface area contributed by atoms with Gasteiger partial charge in [0.2, 0.25) is 0 Å². The number of halogens is 4. The average molecular weight is 343 g/mol. The van der Waals surface area contributed by atoms with Gasteiger partial charge in [-0.3, -0.25) is 9.48 Å². The molecule has 130 valence electrons. The summed E-state index contributed by atoms with van der Waals surface area (Å²) in [7, 11) is 0. The van der Waals surface area contributed by atoms with Crippen LogP contribution in [-0.4, -0.2) is 15.7 Å². The van der Waals surface area contributed by atoms with E-state index in [9.17, 15) is 22.4 Å². The van der Waals surface area contributed by atoms with E-state index in [2.05, 4.69) is 10.4 Å². The van der Waals surface area contributed by atoms with Crippen LogP contribution < -0.4 is 5.32 Å². The minimum absolute atomic E-state index is 0.124. The van der Waals surface area contributed by atoms with Gasteiger partial charge in [0.05, 0.1) is 11.3 Å². The molecule has 0 saturated carbocycles. The van der Waals surface area contributed by atoms with Gasteiger partial charge in [-0.05, 0) is 20.3 Å². The third kappa shape index (κ3) is 3.27. The number of benzene rings is 1. The lowest BCUT2D eigenvalue weighted by atomic mass is 10.1. The first-order valence-corrected chi connectivity index (χ1v) is 7.42. The van der Waals surface area contributed by atoms with E-state index in [0.29, 0.717) is 17.9 Å². The predicted octanol–water partition coefficient (Wildman–Crippen LogP) is 3.40. The number of carbonyl (C=O) groups excluding carboxylic acids is 1. The van der Waals surface area contributed by atoms with Gasteiger partial charge in [-0.15, -0.1) is 0 Å². The Labute approximate surface area is 136 Å². The zero-order valence-corrected chi connectivity index (χ0v) is 13.5. The quantitative estimate of drug-likeness (QED) is 0.668. The Balaban J connectivity index is 2.24. The number of carbonyl (C=O) groups is 1. The summed E-state index contributed by atoms with van der Waals surface area (Å²) < 4.78 is 55.2. The lowest BCUT2D eigenvalue weighted by Crippen LogP contribution is -2.25. The lowest BCUT2D eigenvalue weighted by molar-refractivity contribution is 0.0948. The molecular weight excluding hydrogens is 326 g/mol. The standard InChI is InChI=1S/C16H17F4N3O/c1-4-5-23-9(3)13(8(2)22-23)16(24)21-7-10-14(19)11(17)6-12(18)15(10)20/h6H,4-5,7H2,1-3H3,(H,21,24). The zero-order valence-electron chi connectivity index (χ0n) is 13.5. The molecule has 0 aliphatic heterocycles. The highest BCUT2D eigenvalue weighted by Crippen LogP contribution is 2.20. The monoisotopic (exact) mass is 343 g/mol. The molecule has 1 N–H and O–H groups in total. The summed E-state index contributed by atoms with van der Waals surface area (Å²) in [5.41, 5.74) is 0.487. The molecule has 0 radical (unpaired) electrons. The number of nitrogens with zero attached hydrogens (tertiary/aromatic N) is 2. The van der Waals surface area contributed by atoms with Crippen LogP contribution in [0, 0.1) is 37.1 Å². The Bertz CT molecular complexity index is 760. The number of nitrogens with one attached hydrogen (secondary N) is 1. The van der Waals surface area contributed by atoms with Gasteiger partial charge >= 0.3 is 0 Å². The van der Waals surface area contributed by atoms with Crippen molar-refractivity contribution in [2.45, 2.75) is 40.3 Å². The molecule has 1 heterocycles. The molecule has 0 unspecified atom stereocenters. The highest BCUT2D eigenvalue weighted by Gasteiger charge is 2.22. The molecule has 1 aromatic carbocycles. The first-order valence-electron chi connectivity index (χ1n) is 7.42. The van der Waals surface area contributed by atoms with E-state index in [-0.39, 0.29) is 11.6 Å². The molecule has 8 heteroatoms. The van der Waals surface area contributed by atoms with E-state index >= 15 is 0 Å². The fraction of sp³-hybridized carbons (Fsp3) is 0.375. The van der Waals surface area contributed by atoms with E-state index in [1.807, 2.05) is 6.92 Å². The molecule has 0 saturated heterocycles. The van der Waals surface area contributed by atoms with Gasteiger partial charge in [0, 0.05) is 30.4 Å². The second-order valence-electron chi connectivity index (χ2n) is 5.40. The smallest absolute Gasteiger partial charge is 0.255 e. The number of aryl methyl sites for hydroxylation is 2. The van der Waals surface area contributed by atoms with Crippen molar-refractivity contribution in [3.8, 4) is 0 Å². The minimum Gasteiger partial charge on any atom is -0.348 e. The van der Waals surface area contributed by atoms with Crippen LogP contribution in [0.2, 0.25) is 0 Å². The molecule has 24 heavy (non-hydrogen) atoms. The zero-order chi connectivity index (χ0) is 18.0. The van der Waals surface area contributed by atoms with Crippen LogP contribution in [0.5, 0.6) is 0 Å². The maximum Gasteiger partial charge on any atom is 0.255 e. The average Bonchev–Trinajstić information content (AvgIpc) is 2.80. The molecule has 0 atom stereocenters. The van der Waals surface area contributed by atoms with Gasteiger partial charge in [0.25, 0.3) is 5.91 Å². The molecule has 2 aromatic rings. The Morgan fingerprint density at radius 2 is 1.75 bits per heavy atom. The second kappa shape index (κ2) is 7.02. The van der Waals surface area contributed by atoms with Crippen LogP contribution in [0.25, 0.3) is 0 Å². The van der Waals surface area contributed by atoms with Crippen molar-refractivity contribution in [2.75, 3.05) is 0 Å². The van der Waals surface area contributed by atoms with Gasteiger partial charge in [-0.2, -0.15) is 5.10 Å². The van der Waals surface area contributed by atoms with E-state index in [4.69, 9.17) is 0 Å². The van der Waals surface area contributed by atoms with E-state index < -0.39 is 41.3 Å². The molecule has 0 aliphatic rings. The van der Waals surface area contributed by atoms with Gasteiger partial charge in [0.15, 0.2) is 23.3 Å². The van der Waals surface area contributed by atoms with E-state index in [1.54, 1.807) is 18.5 Å². The summed E-state index contributed by atoms with van der Waals surface area (Å²) >= 11 is 0. The Hall–Kier alpha value is -2.38. The van der Waals surface area contributed by atoms with Crippen LogP contribution in [0.4, 0.5) is 17.6 Å². The highest BCUT2D eigenvalue weighted by atomic mass is 19.2. The van der Waals surface area contributed by atoms with Crippen molar-refractivity contribution in [3.63, 3.8) is 0 Å². The molecule has 1 amide bonds.